The van der Waals surface area contributed by atoms with Gasteiger partial charge >= 0.3 is 0 Å². The number of rotatable bonds is 4. The summed E-state index contributed by atoms with van der Waals surface area (Å²) >= 11 is 1.24. The lowest BCUT2D eigenvalue weighted by atomic mass is 9.97. The Hall–Kier alpha value is -2.39. The number of nitrogens with two attached hydrogens (primary N) is 1. The third-order valence-corrected chi connectivity index (χ3v) is 4.65. The quantitative estimate of drug-likeness (QED) is 0.527. The molecular weight excluding hydrogens is 308 g/mol. The fraction of sp³-hybridized carbons (Fsp3) is 0.294. The van der Waals surface area contributed by atoms with Crippen LogP contribution >= 0.6 is 11.8 Å². The van der Waals surface area contributed by atoms with Gasteiger partial charge in [-0.1, -0.05) is 17.8 Å². The van der Waals surface area contributed by atoms with E-state index in [4.69, 9.17) is 11.0 Å². The first kappa shape index (κ1) is 17.0. The average Bonchev–Trinajstić information content (AvgIpc) is 2.50. The molecule has 0 aliphatic heterocycles. The van der Waals surface area contributed by atoms with E-state index in [1.807, 2.05) is 45.9 Å². The molecular formula is C17H18N4OS. The first-order valence-electron chi connectivity index (χ1n) is 7.14. The molecule has 0 aliphatic carbocycles. The summed E-state index contributed by atoms with van der Waals surface area (Å²) in [6, 6.07) is 5.87. The summed E-state index contributed by atoms with van der Waals surface area (Å²) in [7, 11) is 0. The van der Waals surface area contributed by atoms with Crippen LogP contribution < -0.4 is 5.73 Å². The van der Waals surface area contributed by atoms with E-state index in [1.54, 1.807) is 0 Å². The standard InChI is InChI=1S/C17H18N4OS/c1-9-5-11(3)14(6-10(9)2)15(22)12(4)23-17-20-8-13(7-18)16(19)21-17/h5-6,8,12H,1-4H3,(H2,19,20,21). The van der Waals surface area contributed by atoms with Gasteiger partial charge < -0.3 is 5.73 Å². The van der Waals surface area contributed by atoms with E-state index in [-0.39, 0.29) is 22.4 Å². The minimum atomic E-state index is -0.344. The van der Waals surface area contributed by atoms with Gasteiger partial charge in [-0.3, -0.25) is 4.79 Å². The topological polar surface area (TPSA) is 92.7 Å². The molecule has 1 unspecified atom stereocenters. The van der Waals surface area contributed by atoms with Crippen molar-refractivity contribution < 1.29 is 4.79 Å². The van der Waals surface area contributed by atoms with E-state index >= 15 is 0 Å². The molecule has 0 amide bonds. The van der Waals surface area contributed by atoms with Crippen LogP contribution in [-0.4, -0.2) is 21.0 Å². The molecule has 2 N–H and O–H groups in total. The maximum atomic E-state index is 12.7. The van der Waals surface area contributed by atoms with Crippen LogP contribution in [0.5, 0.6) is 0 Å². The van der Waals surface area contributed by atoms with Crippen molar-refractivity contribution in [1.29, 1.82) is 5.26 Å². The maximum Gasteiger partial charge on any atom is 0.190 e. The van der Waals surface area contributed by atoms with Crippen LogP contribution in [0.3, 0.4) is 0 Å². The van der Waals surface area contributed by atoms with E-state index in [1.165, 1.54) is 23.5 Å². The second kappa shape index (κ2) is 6.80. The minimum Gasteiger partial charge on any atom is -0.382 e. The van der Waals surface area contributed by atoms with Crippen LogP contribution in [0.2, 0.25) is 0 Å². The number of nitriles is 1. The Morgan fingerprint density at radius 2 is 1.91 bits per heavy atom. The zero-order valence-electron chi connectivity index (χ0n) is 13.5. The van der Waals surface area contributed by atoms with Gasteiger partial charge in [-0.15, -0.1) is 0 Å². The highest BCUT2D eigenvalue weighted by atomic mass is 32.2. The van der Waals surface area contributed by atoms with Crippen molar-refractivity contribution in [2.24, 2.45) is 0 Å². The fourth-order valence-corrected chi connectivity index (χ4v) is 2.99. The molecule has 0 aliphatic rings. The number of ketones is 1. The van der Waals surface area contributed by atoms with Crippen LogP contribution in [0.4, 0.5) is 5.82 Å². The molecule has 23 heavy (non-hydrogen) atoms. The normalized spacial score (nSPS) is 11.8. The van der Waals surface area contributed by atoms with E-state index in [0.717, 1.165) is 16.7 Å². The van der Waals surface area contributed by atoms with Crippen molar-refractivity contribution >= 4 is 23.4 Å². The van der Waals surface area contributed by atoms with Gasteiger partial charge in [0.1, 0.15) is 17.5 Å². The number of thioether (sulfide) groups is 1. The van der Waals surface area contributed by atoms with Gasteiger partial charge in [0.2, 0.25) is 0 Å². The molecule has 6 heteroatoms. The molecule has 0 radical (unpaired) electrons. The zero-order valence-corrected chi connectivity index (χ0v) is 14.4. The predicted molar refractivity (Wildman–Crippen MR) is 91.5 cm³/mol. The Labute approximate surface area is 139 Å². The summed E-state index contributed by atoms with van der Waals surface area (Å²) in [5.41, 5.74) is 9.86. The van der Waals surface area contributed by atoms with Gasteiger partial charge in [-0.2, -0.15) is 5.26 Å². The predicted octanol–water partition coefficient (Wildman–Crippen LogP) is 3.22. The summed E-state index contributed by atoms with van der Waals surface area (Å²) in [5, 5.41) is 8.88. The van der Waals surface area contributed by atoms with E-state index in [2.05, 4.69) is 9.97 Å². The molecule has 1 heterocycles. The Kier molecular flexibility index (Phi) is 5.02. The second-order valence-electron chi connectivity index (χ2n) is 5.44. The summed E-state index contributed by atoms with van der Waals surface area (Å²) in [4.78, 5) is 20.8. The zero-order chi connectivity index (χ0) is 17.1. The number of nitrogen functional groups attached to an aromatic ring is 1. The molecule has 1 aromatic heterocycles. The van der Waals surface area contributed by atoms with Crippen molar-refractivity contribution in [3.63, 3.8) is 0 Å². The number of hydrogen-bond acceptors (Lipinski definition) is 6. The maximum absolute atomic E-state index is 12.7. The molecule has 0 spiro atoms. The molecule has 2 aromatic rings. The lowest BCUT2D eigenvalue weighted by Crippen LogP contribution is -2.16. The number of aryl methyl sites for hydroxylation is 3. The first-order chi connectivity index (χ1) is 10.8. The highest BCUT2D eigenvalue weighted by molar-refractivity contribution is 8.00. The number of benzene rings is 1. The number of hydrogen-bond donors (Lipinski definition) is 1. The van der Waals surface area contributed by atoms with Crippen molar-refractivity contribution in [2.45, 2.75) is 38.1 Å². The number of carbonyl (C=O) groups excluding carboxylic acids is 1. The SMILES string of the molecule is Cc1cc(C)c(C(=O)C(C)Sc2ncc(C#N)c(N)n2)cc1C. The molecule has 0 fully saturated rings. The average molecular weight is 326 g/mol. The number of Topliss-reactive ketones (excluding diaryl/α,β-unsaturated/α-hetero) is 1. The number of anilines is 1. The molecule has 0 saturated heterocycles. The molecule has 1 aromatic carbocycles. The van der Waals surface area contributed by atoms with E-state index < -0.39 is 0 Å². The van der Waals surface area contributed by atoms with Crippen LogP contribution in [0.15, 0.2) is 23.5 Å². The Morgan fingerprint density at radius 3 is 2.52 bits per heavy atom. The molecule has 5 nitrogen and oxygen atoms in total. The summed E-state index contributed by atoms with van der Waals surface area (Å²) in [6.07, 6.45) is 1.38. The summed E-state index contributed by atoms with van der Waals surface area (Å²) in [5.74, 6) is 0.161. The first-order valence-corrected chi connectivity index (χ1v) is 8.02. The molecule has 0 saturated carbocycles. The number of aromatic nitrogens is 2. The van der Waals surface area contributed by atoms with Crippen molar-refractivity contribution in [1.82, 2.24) is 9.97 Å². The monoisotopic (exact) mass is 326 g/mol. The van der Waals surface area contributed by atoms with Crippen LogP contribution in [0.1, 0.15) is 39.5 Å². The van der Waals surface area contributed by atoms with Crippen molar-refractivity contribution in [2.75, 3.05) is 5.73 Å². The van der Waals surface area contributed by atoms with E-state index in [9.17, 15) is 4.79 Å². The Bertz CT molecular complexity index is 811. The third-order valence-electron chi connectivity index (χ3n) is 3.67. The fourth-order valence-electron chi connectivity index (χ4n) is 2.18. The van der Waals surface area contributed by atoms with Crippen molar-refractivity contribution in [3.05, 3.63) is 46.1 Å². The van der Waals surface area contributed by atoms with Gasteiger partial charge in [-0.25, -0.2) is 9.97 Å². The molecule has 1 atom stereocenters. The number of nitrogens with zero attached hydrogens (tertiary/aromatic N) is 3. The summed E-state index contributed by atoms with van der Waals surface area (Å²) < 4.78 is 0. The third kappa shape index (κ3) is 3.69. The highest BCUT2D eigenvalue weighted by Crippen LogP contribution is 2.26. The van der Waals surface area contributed by atoms with Gasteiger partial charge in [-0.05, 0) is 50.5 Å². The van der Waals surface area contributed by atoms with Crippen LogP contribution in [0, 0.1) is 32.1 Å². The van der Waals surface area contributed by atoms with Gasteiger partial charge in [0.05, 0.1) is 11.4 Å². The van der Waals surface area contributed by atoms with E-state index in [0.29, 0.717) is 5.16 Å². The largest absolute Gasteiger partial charge is 0.382 e. The van der Waals surface area contributed by atoms with Gasteiger partial charge in [0.25, 0.3) is 0 Å². The minimum absolute atomic E-state index is 0.0298. The summed E-state index contributed by atoms with van der Waals surface area (Å²) in [6.45, 7) is 7.78. The molecule has 0 bridgehead atoms. The smallest absolute Gasteiger partial charge is 0.190 e. The Balaban J connectivity index is 2.22. The van der Waals surface area contributed by atoms with Crippen LogP contribution in [0.25, 0.3) is 0 Å². The second-order valence-corrected chi connectivity index (χ2v) is 6.75. The van der Waals surface area contributed by atoms with Gasteiger partial charge in [0.15, 0.2) is 10.9 Å². The van der Waals surface area contributed by atoms with Gasteiger partial charge in [0, 0.05) is 5.56 Å². The molecule has 118 valence electrons. The molecule has 2 rings (SSSR count). The lowest BCUT2D eigenvalue weighted by Gasteiger charge is -2.13. The number of carbonyl (C=O) groups is 1. The van der Waals surface area contributed by atoms with Crippen LogP contribution in [-0.2, 0) is 0 Å². The lowest BCUT2D eigenvalue weighted by molar-refractivity contribution is 0.0993. The highest BCUT2D eigenvalue weighted by Gasteiger charge is 2.20. The Morgan fingerprint density at radius 1 is 1.26 bits per heavy atom. The van der Waals surface area contributed by atoms with Crippen molar-refractivity contribution in [3.8, 4) is 6.07 Å².